The fraction of sp³-hybridized carbons (Fsp3) is 0.381. The molecule has 1 fully saturated rings. The van der Waals surface area contributed by atoms with Gasteiger partial charge >= 0.3 is 0 Å². The van der Waals surface area contributed by atoms with Crippen LogP contribution < -0.4 is 15.8 Å². The van der Waals surface area contributed by atoms with Crippen molar-refractivity contribution in [3.63, 3.8) is 0 Å². The number of carbonyl (C=O) groups is 1. The lowest BCUT2D eigenvalue weighted by atomic mass is 10.1. The Labute approximate surface area is 182 Å². The quantitative estimate of drug-likeness (QED) is 0.615. The molecule has 2 N–H and O–H groups in total. The molecule has 0 bridgehead atoms. The Balaban J connectivity index is 1.61. The molecule has 0 radical (unpaired) electrons. The number of thiazole rings is 1. The fourth-order valence-electron chi connectivity index (χ4n) is 3.66. The summed E-state index contributed by atoms with van der Waals surface area (Å²) >= 11 is 7.61. The normalized spacial score (nSPS) is 16.9. The summed E-state index contributed by atoms with van der Waals surface area (Å²) in [5, 5.41) is 3.68. The molecule has 158 valence electrons. The van der Waals surface area contributed by atoms with Crippen LogP contribution in [0.4, 0.5) is 9.52 Å². The number of benzene rings is 1. The van der Waals surface area contributed by atoms with Crippen LogP contribution in [0, 0.1) is 0 Å². The number of H-pyrrole nitrogens is 1. The number of nitrogens with one attached hydrogen (secondary N) is 2. The van der Waals surface area contributed by atoms with Crippen LogP contribution in [0.2, 0.25) is 5.02 Å². The smallest absolute Gasteiger partial charge is 0.275 e. The number of rotatable bonds is 5. The summed E-state index contributed by atoms with van der Waals surface area (Å²) in [7, 11) is 0. The second kappa shape index (κ2) is 8.00. The van der Waals surface area contributed by atoms with Crippen LogP contribution in [0.5, 0.6) is 0 Å². The Hall–Kier alpha value is -2.45. The third kappa shape index (κ3) is 3.94. The first-order valence-electron chi connectivity index (χ1n) is 9.75. The molecule has 6 nitrogen and oxygen atoms in total. The average Bonchev–Trinajstić information content (AvgIpc) is 3.36. The lowest BCUT2D eigenvalue weighted by Crippen LogP contribution is -2.43. The van der Waals surface area contributed by atoms with E-state index in [1.165, 1.54) is 25.2 Å². The number of halogens is 2. The van der Waals surface area contributed by atoms with Crippen LogP contribution >= 0.6 is 22.9 Å². The lowest BCUT2D eigenvalue weighted by Gasteiger charge is -2.23. The number of pyridine rings is 1. The maximum absolute atomic E-state index is 14.5. The summed E-state index contributed by atoms with van der Waals surface area (Å²) in [6, 6.07) is 9.33. The van der Waals surface area contributed by atoms with Gasteiger partial charge in [-0.05, 0) is 32.3 Å². The highest BCUT2D eigenvalue weighted by Crippen LogP contribution is 2.39. The molecule has 0 saturated carbocycles. The summed E-state index contributed by atoms with van der Waals surface area (Å²) < 4.78 is 14.9. The summed E-state index contributed by atoms with van der Waals surface area (Å²) in [5.74, 6) is -0.0822. The van der Waals surface area contributed by atoms with Crippen LogP contribution in [0.15, 0.2) is 35.1 Å². The molecule has 1 amide bonds. The number of hydrogen-bond acceptors (Lipinski definition) is 5. The van der Waals surface area contributed by atoms with E-state index in [0.29, 0.717) is 29.3 Å². The maximum Gasteiger partial charge on any atom is 0.275 e. The van der Waals surface area contributed by atoms with Gasteiger partial charge in [-0.3, -0.25) is 9.59 Å². The molecule has 30 heavy (non-hydrogen) atoms. The predicted molar refractivity (Wildman–Crippen MR) is 118 cm³/mol. The number of anilines is 1. The van der Waals surface area contributed by atoms with Crippen LogP contribution in [-0.2, 0) is 17.0 Å². The lowest BCUT2D eigenvalue weighted by molar-refractivity contribution is -0.122. The van der Waals surface area contributed by atoms with Crippen LogP contribution in [0.25, 0.3) is 10.2 Å². The third-order valence-corrected chi connectivity index (χ3v) is 6.79. The number of nitrogens with zero attached hydrogens (tertiary/aromatic N) is 2. The van der Waals surface area contributed by atoms with Gasteiger partial charge in [0, 0.05) is 13.1 Å². The predicted octanol–water partition coefficient (Wildman–Crippen LogP) is 4.13. The zero-order chi connectivity index (χ0) is 21.5. The third-order valence-electron chi connectivity index (χ3n) is 5.19. The largest absolute Gasteiger partial charge is 0.350 e. The molecule has 2 aromatic heterocycles. The summed E-state index contributed by atoms with van der Waals surface area (Å²) in [5.41, 5.74) is -1.04. The second-order valence-electron chi connectivity index (χ2n) is 7.84. The second-order valence-corrected chi connectivity index (χ2v) is 9.20. The van der Waals surface area contributed by atoms with Gasteiger partial charge in [-0.2, -0.15) is 0 Å². The molecule has 1 saturated heterocycles. The Morgan fingerprint density at radius 3 is 2.83 bits per heavy atom. The van der Waals surface area contributed by atoms with Crippen molar-refractivity contribution in [2.24, 2.45) is 0 Å². The minimum atomic E-state index is -1.79. The number of aromatic nitrogens is 2. The van der Waals surface area contributed by atoms with E-state index >= 15 is 0 Å². The van der Waals surface area contributed by atoms with Crippen LogP contribution in [-0.4, -0.2) is 28.5 Å². The molecule has 1 aliphatic heterocycles. The van der Waals surface area contributed by atoms with E-state index in [9.17, 15) is 14.0 Å². The van der Waals surface area contributed by atoms with Crippen molar-refractivity contribution < 1.29 is 9.18 Å². The zero-order valence-electron chi connectivity index (χ0n) is 16.7. The van der Waals surface area contributed by atoms with E-state index in [1.54, 1.807) is 0 Å². The number of fused-ring (bicyclic) bond motifs is 1. The number of alkyl halides is 1. The molecule has 9 heteroatoms. The van der Waals surface area contributed by atoms with E-state index in [0.717, 1.165) is 12.0 Å². The Kier molecular flexibility index (Phi) is 5.55. The van der Waals surface area contributed by atoms with Gasteiger partial charge in [-0.1, -0.05) is 53.3 Å². The first-order chi connectivity index (χ1) is 14.3. The minimum Gasteiger partial charge on any atom is -0.350 e. The first-order valence-corrected chi connectivity index (χ1v) is 10.9. The Bertz CT molecular complexity index is 1140. The number of aromatic amines is 1. The molecule has 0 spiro atoms. The van der Waals surface area contributed by atoms with Gasteiger partial charge < -0.3 is 15.2 Å². The SMILES string of the molecule is CC(C)(F)c1[nH]c(=O)c2nc(N3CCC[C@@H]3C(=O)NCc3ccccc3)sc2c1Cl. The molecule has 3 heterocycles. The van der Waals surface area contributed by atoms with Crippen LogP contribution in [0.1, 0.15) is 37.9 Å². The van der Waals surface area contributed by atoms with E-state index in [4.69, 9.17) is 11.6 Å². The van der Waals surface area contributed by atoms with E-state index in [2.05, 4.69) is 15.3 Å². The van der Waals surface area contributed by atoms with Gasteiger partial charge in [-0.15, -0.1) is 0 Å². The molecular formula is C21H22ClFN4O2S. The van der Waals surface area contributed by atoms with Crippen molar-refractivity contribution in [1.82, 2.24) is 15.3 Å². The molecule has 0 aliphatic carbocycles. The van der Waals surface area contributed by atoms with Crippen molar-refractivity contribution in [3.05, 3.63) is 57.0 Å². The molecule has 4 rings (SSSR count). The highest BCUT2D eigenvalue weighted by atomic mass is 35.5. The van der Waals surface area contributed by atoms with Crippen LogP contribution in [0.3, 0.4) is 0 Å². The molecule has 0 unspecified atom stereocenters. The van der Waals surface area contributed by atoms with Crippen molar-refractivity contribution >= 4 is 44.2 Å². The monoisotopic (exact) mass is 448 g/mol. The molecule has 3 aromatic rings. The van der Waals surface area contributed by atoms with Crippen molar-refractivity contribution in [3.8, 4) is 0 Å². The summed E-state index contributed by atoms with van der Waals surface area (Å²) in [6.45, 7) is 3.78. The molecular weight excluding hydrogens is 427 g/mol. The number of hydrogen-bond donors (Lipinski definition) is 2. The van der Waals surface area contributed by atoms with Gasteiger partial charge in [0.15, 0.2) is 10.6 Å². The van der Waals surface area contributed by atoms with Gasteiger partial charge in [0.1, 0.15) is 11.7 Å². The highest BCUT2D eigenvalue weighted by Gasteiger charge is 2.34. The van der Waals surface area contributed by atoms with Crippen molar-refractivity contribution in [2.75, 3.05) is 11.4 Å². The van der Waals surface area contributed by atoms with Crippen molar-refractivity contribution in [2.45, 2.75) is 44.9 Å². The number of carbonyl (C=O) groups excluding carboxylic acids is 1. The van der Waals surface area contributed by atoms with E-state index in [1.807, 2.05) is 35.2 Å². The Morgan fingerprint density at radius 1 is 1.40 bits per heavy atom. The topological polar surface area (TPSA) is 78.1 Å². The van der Waals surface area contributed by atoms with E-state index < -0.39 is 11.2 Å². The van der Waals surface area contributed by atoms with E-state index in [-0.39, 0.29) is 28.2 Å². The van der Waals surface area contributed by atoms with Crippen molar-refractivity contribution in [1.29, 1.82) is 0 Å². The number of amides is 1. The minimum absolute atomic E-state index is 0.0374. The zero-order valence-corrected chi connectivity index (χ0v) is 18.2. The maximum atomic E-state index is 14.5. The average molecular weight is 449 g/mol. The summed E-state index contributed by atoms with van der Waals surface area (Å²) in [6.07, 6.45) is 1.54. The highest BCUT2D eigenvalue weighted by molar-refractivity contribution is 7.22. The standard InChI is InChI=1S/C21H22ClFN4O2S/c1-21(2,23)17-14(22)16-15(19(29)26-17)25-20(30-16)27-10-6-9-13(27)18(28)24-11-12-7-4-3-5-8-12/h3-5,7-8,13H,6,9-11H2,1-2H3,(H,24,28)(H,26,29)/t13-/m1/s1. The fourth-order valence-corrected chi connectivity index (χ4v) is 5.22. The molecule has 1 aliphatic rings. The Morgan fingerprint density at radius 2 is 2.13 bits per heavy atom. The van der Waals surface area contributed by atoms with Gasteiger partial charge in [-0.25, -0.2) is 9.37 Å². The summed E-state index contributed by atoms with van der Waals surface area (Å²) in [4.78, 5) is 34.1. The molecule has 1 atom stereocenters. The molecule has 1 aromatic carbocycles. The van der Waals surface area contributed by atoms with Gasteiger partial charge in [0.2, 0.25) is 5.91 Å². The van der Waals surface area contributed by atoms with Gasteiger partial charge in [0.25, 0.3) is 5.56 Å². The van der Waals surface area contributed by atoms with Gasteiger partial charge in [0.05, 0.1) is 15.4 Å². The first kappa shape index (κ1) is 20.8.